The highest BCUT2D eigenvalue weighted by Crippen LogP contribution is 2.40. The number of hydrogen-bond donors (Lipinski definition) is 1. The highest BCUT2D eigenvalue weighted by Gasteiger charge is 2.54. The van der Waals surface area contributed by atoms with Crippen LogP contribution in [0.15, 0.2) is 30.3 Å². The van der Waals surface area contributed by atoms with Crippen molar-refractivity contribution in [2.24, 2.45) is 0 Å². The van der Waals surface area contributed by atoms with E-state index in [4.69, 9.17) is 37.9 Å². The molecule has 13 heteroatoms. The number of fused-ring (bicyclic) bond motifs is 1. The van der Waals surface area contributed by atoms with E-state index in [-0.39, 0.29) is 18.5 Å². The lowest BCUT2D eigenvalue weighted by atomic mass is 9.98. The van der Waals surface area contributed by atoms with Gasteiger partial charge in [-0.15, -0.1) is 11.8 Å². The van der Waals surface area contributed by atoms with E-state index in [0.29, 0.717) is 0 Å². The van der Waals surface area contributed by atoms with Gasteiger partial charge in [0.15, 0.2) is 30.9 Å². The Hall–Kier alpha value is -2.26. The van der Waals surface area contributed by atoms with Gasteiger partial charge in [0.2, 0.25) is 0 Å². The molecular weight excluding hydrogens is 548 g/mol. The molecule has 3 saturated heterocycles. The van der Waals surface area contributed by atoms with Gasteiger partial charge >= 0.3 is 17.9 Å². The number of aliphatic hydroxyl groups excluding tert-OH is 1. The molecule has 1 aromatic carbocycles. The number of ether oxygens (including phenoxy) is 8. The molecule has 222 valence electrons. The van der Waals surface area contributed by atoms with Crippen molar-refractivity contribution in [3.63, 3.8) is 0 Å². The third kappa shape index (κ3) is 7.52. The second kappa shape index (κ2) is 13.6. The van der Waals surface area contributed by atoms with Crippen LogP contribution in [0.5, 0.6) is 0 Å². The van der Waals surface area contributed by atoms with E-state index in [0.717, 1.165) is 5.56 Å². The van der Waals surface area contributed by atoms with Crippen LogP contribution in [0.3, 0.4) is 0 Å². The Morgan fingerprint density at radius 3 is 2.15 bits per heavy atom. The van der Waals surface area contributed by atoms with E-state index in [1.807, 2.05) is 44.2 Å². The van der Waals surface area contributed by atoms with Gasteiger partial charge < -0.3 is 43.0 Å². The molecule has 0 bridgehead atoms. The first-order chi connectivity index (χ1) is 19.0. The van der Waals surface area contributed by atoms with Crippen molar-refractivity contribution < 1.29 is 57.4 Å². The quantitative estimate of drug-likeness (QED) is 0.351. The zero-order valence-corrected chi connectivity index (χ0v) is 23.8. The molecule has 0 saturated carbocycles. The topological polar surface area (TPSA) is 145 Å². The molecule has 3 aliphatic rings. The van der Waals surface area contributed by atoms with E-state index in [1.165, 1.54) is 32.5 Å². The molecule has 0 aromatic heterocycles. The summed E-state index contributed by atoms with van der Waals surface area (Å²) in [7, 11) is 0. The first-order valence-electron chi connectivity index (χ1n) is 13.1. The fourth-order valence-corrected chi connectivity index (χ4v) is 5.97. The van der Waals surface area contributed by atoms with Crippen LogP contribution >= 0.6 is 11.8 Å². The molecule has 40 heavy (non-hydrogen) atoms. The summed E-state index contributed by atoms with van der Waals surface area (Å²) < 4.78 is 46.6. The van der Waals surface area contributed by atoms with E-state index in [9.17, 15) is 19.5 Å². The largest absolute Gasteiger partial charge is 0.456 e. The lowest BCUT2D eigenvalue weighted by Crippen LogP contribution is -2.64. The Morgan fingerprint density at radius 1 is 0.875 bits per heavy atom. The zero-order valence-electron chi connectivity index (χ0n) is 23.0. The van der Waals surface area contributed by atoms with Crippen LogP contribution in [-0.2, 0) is 52.3 Å². The molecule has 0 aliphatic carbocycles. The smallest absolute Gasteiger partial charge is 0.303 e. The minimum absolute atomic E-state index is 0.0982. The molecule has 3 heterocycles. The van der Waals surface area contributed by atoms with Gasteiger partial charge in [0.1, 0.15) is 29.9 Å². The van der Waals surface area contributed by atoms with E-state index in [1.54, 1.807) is 0 Å². The summed E-state index contributed by atoms with van der Waals surface area (Å²) in [5, 5.41) is 11.7. The number of aliphatic hydroxyl groups is 1. The van der Waals surface area contributed by atoms with Crippen molar-refractivity contribution in [3.05, 3.63) is 35.9 Å². The predicted molar refractivity (Wildman–Crippen MR) is 139 cm³/mol. The number of hydrogen-bond acceptors (Lipinski definition) is 13. The molecule has 10 atom stereocenters. The minimum Gasteiger partial charge on any atom is -0.456 e. The lowest BCUT2D eigenvalue weighted by Gasteiger charge is -2.49. The summed E-state index contributed by atoms with van der Waals surface area (Å²) in [5.41, 5.74) is 0.118. The summed E-state index contributed by atoms with van der Waals surface area (Å²) >= 11 is 1.43. The SMILES string of the molecule is CC(=O)O[C@@H]1[C@@H](OC(C)=O)[C@H](O[C@@H]2[C@@H](O)[C@@H]3O[C@H](c4ccccc4)OC[C@H]3O[C@H]2SC(C)C)OC[C@H]1OC(C)=O. The minimum atomic E-state index is -1.30. The average Bonchev–Trinajstić information content (AvgIpc) is 2.88. The maximum Gasteiger partial charge on any atom is 0.303 e. The highest BCUT2D eigenvalue weighted by atomic mass is 32.2. The van der Waals surface area contributed by atoms with Gasteiger partial charge in [-0.3, -0.25) is 14.4 Å². The molecular formula is C27H36O12S. The van der Waals surface area contributed by atoms with Crippen molar-refractivity contribution in [1.82, 2.24) is 0 Å². The van der Waals surface area contributed by atoms with E-state index in [2.05, 4.69) is 0 Å². The van der Waals surface area contributed by atoms with Crippen LogP contribution in [-0.4, -0.2) is 95.9 Å². The Labute approximate surface area is 236 Å². The number of carbonyl (C=O) groups is 3. The van der Waals surface area contributed by atoms with E-state index < -0.39 is 78.7 Å². The fourth-order valence-electron chi connectivity index (χ4n) is 4.85. The highest BCUT2D eigenvalue weighted by molar-refractivity contribution is 8.00. The second-order valence-corrected chi connectivity index (χ2v) is 11.7. The van der Waals surface area contributed by atoms with Gasteiger partial charge in [-0.05, 0) is 0 Å². The van der Waals surface area contributed by atoms with Gasteiger partial charge in [0, 0.05) is 31.6 Å². The zero-order chi connectivity index (χ0) is 29.0. The standard InChI is InChI=1S/C27H36O12S/c1-13(2)40-27-23(20(31)21-18(37-27)11-32-25(38-21)17-9-7-6-8-10-17)39-26-24(36-16(5)30)22(35-15(4)29)19(12-33-26)34-14(3)28/h6-10,13,18-27,31H,11-12H2,1-5H3/t18-,19-,20+,21-,22+,23-,24-,25-,26+,27+/m1/s1. The summed E-state index contributed by atoms with van der Waals surface area (Å²) in [4.78, 5) is 35.7. The average molecular weight is 585 g/mol. The molecule has 0 spiro atoms. The van der Waals surface area contributed by atoms with Gasteiger partial charge in [-0.2, -0.15) is 0 Å². The van der Waals surface area contributed by atoms with Crippen LogP contribution in [0, 0.1) is 0 Å². The molecule has 4 rings (SSSR count). The van der Waals surface area contributed by atoms with Gasteiger partial charge in [-0.25, -0.2) is 0 Å². The maximum absolute atomic E-state index is 12.0. The third-order valence-corrected chi connectivity index (χ3v) is 7.58. The van der Waals surface area contributed by atoms with Crippen LogP contribution in [0.1, 0.15) is 46.5 Å². The molecule has 0 radical (unpaired) electrons. The molecule has 0 unspecified atom stereocenters. The Morgan fingerprint density at radius 2 is 1.52 bits per heavy atom. The van der Waals surface area contributed by atoms with Crippen molar-refractivity contribution >= 4 is 29.7 Å². The van der Waals surface area contributed by atoms with E-state index >= 15 is 0 Å². The van der Waals surface area contributed by atoms with Gasteiger partial charge in [0.05, 0.1) is 13.2 Å². The molecule has 3 aliphatic heterocycles. The van der Waals surface area contributed by atoms with Crippen LogP contribution < -0.4 is 0 Å². The summed E-state index contributed by atoms with van der Waals surface area (Å²) in [5.74, 6) is -2.01. The number of benzene rings is 1. The molecule has 3 fully saturated rings. The summed E-state index contributed by atoms with van der Waals surface area (Å²) in [6.45, 7) is 7.49. The van der Waals surface area contributed by atoms with Gasteiger partial charge in [-0.1, -0.05) is 44.2 Å². The molecule has 12 nitrogen and oxygen atoms in total. The first-order valence-corrected chi connectivity index (χ1v) is 14.1. The Balaban J connectivity index is 1.59. The predicted octanol–water partition coefficient (Wildman–Crippen LogP) is 1.86. The van der Waals surface area contributed by atoms with Crippen LogP contribution in [0.25, 0.3) is 0 Å². The van der Waals surface area contributed by atoms with Crippen molar-refractivity contribution in [1.29, 1.82) is 0 Å². The number of rotatable bonds is 8. The van der Waals surface area contributed by atoms with Crippen molar-refractivity contribution in [2.75, 3.05) is 13.2 Å². The maximum atomic E-state index is 12.0. The number of carbonyl (C=O) groups excluding carboxylic acids is 3. The third-order valence-electron chi connectivity index (χ3n) is 6.38. The first kappa shape index (κ1) is 30.7. The summed E-state index contributed by atoms with van der Waals surface area (Å²) in [6, 6.07) is 9.33. The van der Waals surface area contributed by atoms with Crippen molar-refractivity contribution in [3.8, 4) is 0 Å². The fraction of sp³-hybridized carbons (Fsp3) is 0.667. The second-order valence-electron chi connectivity index (χ2n) is 9.99. The summed E-state index contributed by atoms with van der Waals surface area (Å²) in [6.07, 6.45) is -9.13. The Kier molecular flexibility index (Phi) is 10.4. The molecule has 1 aromatic rings. The Bertz CT molecular complexity index is 1020. The lowest BCUT2D eigenvalue weighted by molar-refractivity contribution is -0.349. The monoisotopic (exact) mass is 584 g/mol. The molecule has 1 N–H and O–H groups in total. The molecule has 0 amide bonds. The number of esters is 3. The number of thioether (sulfide) groups is 1. The van der Waals surface area contributed by atoms with Crippen LogP contribution in [0.2, 0.25) is 0 Å². The van der Waals surface area contributed by atoms with Gasteiger partial charge in [0.25, 0.3) is 0 Å². The van der Waals surface area contributed by atoms with Crippen LogP contribution in [0.4, 0.5) is 0 Å². The normalized spacial score (nSPS) is 35.9. The van der Waals surface area contributed by atoms with Crippen molar-refractivity contribution in [2.45, 2.75) is 101 Å².